The fourth-order valence-corrected chi connectivity index (χ4v) is 2.52. The second kappa shape index (κ2) is 4.67. The lowest BCUT2D eigenvalue weighted by Crippen LogP contribution is -2.25. The van der Waals surface area contributed by atoms with Crippen molar-refractivity contribution in [3.8, 4) is 0 Å². The second-order valence-corrected chi connectivity index (χ2v) is 5.21. The van der Waals surface area contributed by atoms with Crippen molar-refractivity contribution >= 4 is 27.4 Å². The maximum atomic E-state index is 11.3. The third-order valence-electron chi connectivity index (χ3n) is 1.60. The van der Waals surface area contributed by atoms with Crippen LogP contribution in [0.2, 0.25) is 0 Å². The zero-order chi connectivity index (χ0) is 11.5. The Morgan fingerprint density at radius 1 is 1.33 bits per heavy atom. The molecule has 0 heterocycles. The Morgan fingerprint density at radius 2 is 1.87 bits per heavy atom. The number of nitrogens with one attached hydrogen (secondary N) is 1. The zero-order valence-corrected chi connectivity index (χ0v) is 9.18. The van der Waals surface area contributed by atoms with Gasteiger partial charge in [0.05, 0.1) is 4.90 Å². The lowest BCUT2D eigenvalue weighted by Gasteiger charge is -2.08. The van der Waals surface area contributed by atoms with Crippen molar-refractivity contribution in [3.05, 3.63) is 36.4 Å². The normalized spacial score (nSPS) is 13.4. The molecule has 1 aromatic carbocycles. The van der Waals surface area contributed by atoms with Gasteiger partial charge in [-0.1, -0.05) is 24.8 Å². The van der Waals surface area contributed by atoms with E-state index in [4.69, 9.17) is 0 Å². The van der Waals surface area contributed by atoms with E-state index in [-0.39, 0.29) is 4.90 Å². The van der Waals surface area contributed by atoms with E-state index in [1.165, 1.54) is 28.4 Å². The first-order chi connectivity index (χ1) is 6.95. The lowest BCUT2D eigenvalue weighted by atomic mass is 10.2. The van der Waals surface area contributed by atoms with Crippen LogP contribution in [-0.4, -0.2) is 17.2 Å². The second-order valence-electron chi connectivity index (χ2n) is 2.59. The first-order valence-corrected chi connectivity index (χ1v) is 6.36. The molecule has 1 unspecified atom stereocenters. The van der Waals surface area contributed by atoms with Gasteiger partial charge < -0.3 is 4.55 Å². The Morgan fingerprint density at radius 3 is 2.27 bits per heavy atom. The van der Waals surface area contributed by atoms with Gasteiger partial charge in [0.1, 0.15) is 0 Å². The molecule has 0 saturated heterocycles. The minimum Gasteiger partial charge on any atom is -0.759 e. The summed E-state index contributed by atoms with van der Waals surface area (Å²) in [4.78, 5) is -0.114. The van der Waals surface area contributed by atoms with Crippen molar-refractivity contribution in [1.29, 1.82) is 0 Å². The molecule has 1 rings (SSSR count). The molecule has 0 aliphatic carbocycles. The molecule has 0 aliphatic rings. The highest BCUT2D eigenvalue weighted by Crippen LogP contribution is 2.11. The van der Waals surface area contributed by atoms with Crippen molar-refractivity contribution in [2.75, 3.05) is 0 Å². The van der Waals surface area contributed by atoms with E-state index in [1.54, 1.807) is 6.08 Å². The molecule has 0 fully saturated rings. The summed E-state index contributed by atoms with van der Waals surface area (Å²) in [6.45, 7) is 3.51. The minimum atomic E-state index is -3.98. The predicted octanol–water partition coefficient (Wildman–Crippen LogP) is 0.402. The van der Waals surface area contributed by atoms with Gasteiger partial charge >= 0.3 is 0 Å². The average molecular weight is 246 g/mol. The Bertz CT molecular complexity index is 478. The van der Waals surface area contributed by atoms with Gasteiger partial charge in [-0.3, -0.25) is 4.21 Å². The molecule has 0 aromatic heterocycles. The summed E-state index contributed by atoms with van der Waals surface area (Å²) in [5, 5.41) is 0. The number of benzene rings is 1. The molecule has 0 spiro atoms. The van der Waals surface area contributed by atoms with E-state index in [0.717, 1.165) is 5.56 Å². The van der Waals surface area contributed by atoms with Crippen LogP contribution in [0.25, 0.3) is 6.08 Å². The highest BCUT2D eigenvalue weighted by atomic mass is 32.3. The highest BCUT2D eigenvalue weighted by molar-refractivity contribution is 8.00. The van der Waals surface area contributed by atoms with E-state index in [9.17, 15) is 17.2 Å². The lowest BCUT2D eigenvalue weighted by molar-refractivity contribution is 0.530. The highest BCUT2D eigenvalue weighted by Gasteiger charge is 2.12. The third-order valence-corrected chi connectivity index (χ3v) is 3.92. The average Bonchev–Trinajstić information content (AvgIpc) is 2.16. The Labute approximate surface area is 90.3 Å². The fraction of sp³-hybridized carbons (Fsp3) is 0. The van der Waals surface area contributed by atoms with Gasteiger partial charge in [-0.25, -0.2) is 8.42 Å². The maximum absolute atomic E-state index is 11.3. The zero-order valence-electron chi connectivity index (χ0n) is 7.54. The summed E-state index contributed by atoms with van der Waals surface area (Å²) >= 11 is -2.85. The van der Waals surface area contributed by atoms with Gasteiger partial charge in [0.15, 0.2) is 0 Å². The summed E-state index contributed by atoms with van der Waals surface area (Å²) in [5.74, 6) is 0. The largest absolute Gasteiger partial charge is 0.759 e. The topological polar surface area (TPSA) is 86.3 Å². The van der Waals surface area contributed by atoms with Crippen LogP contribution in [0.5, 0.6) is 0 Å². The van der Waals surface area contributed by atoms with E-state index in [1.807, 2.05) is 0 Å². The molecule has 7 heteroatoms. The first kappa shape index (κ1) is 12.1. The molecule has 0 radical (unpaired) electrons. The molecule has 1 N–H and O–H groups in total. The first-order valence-electron chi connectivity index (χ1n) is 3.80. The van der Waals surface area contributed by atoms with Crippen molar-refractivity contribution < 1.29 is 17.2 Å². The SMILES string of the molecule is C=Cc1ccc(S(=O)(=O)NS(=O)[O-])cc1. The fourth-order valence-electron chi connectivity index (χ4n) is 0.921. The molecule has 5 nitrogen and oxygen atoms in total. The van der Waals surface area contributed by atoms with Crippen LogP contribution in [0.1, 0.15) is 5.56 Å². The molecule has 82 valence electrons. The maximum Gasteiger partial charge on any atom is 0.250 e. The summed E-state index contributed by atoms with van der Waals surface area (Å²) < 4.78 is 44.5. The van der Waals surface area contributed by atoms with Crippen molar-refractivity contribution in [2.45, 2.75) is 4.90 Å². The number of sulfonamides is 1. The van der Waals surface area contributed by atoms with Crippen molar-refractivity contribution in [3.63, 3.8) is 0 Å². The molecular weight excluding hydrogens is 238 g/mol. The van der Waals surface area contributed by atoms with E-state index < -0.39 is 21.3 Å². The van der Waals surface area contributed by atoms with Gasteiger partial charge in [-0.15, -0.1) is 4.13 Å². The molecule has 1 aromatic rings. The monoisotopic (exact) mass is 246 g/mol. The molecule has 0 aliphatic heterocycles. The molecular formula is C8H8NO4S2-. The third kappa shape index (κ3) is 3.24. The number of hydrogen-bond acceptors (Lipinski definition) is 4. The molecule has 15 heavy (non-hydrogen) atoms. The van der Waals surface area contributed by atoms with Gasteiger partial charge in [-0.05, 0) is 17.7 Å². The standard InChI is InChI=1S/C8H9NO4S2/c1-2-7-3-5-8(6-4-7)15(12,13)9-14(10)11/h2-6,9H,1H2,(H,10,11)/p-1. The van der Waals surface area contributed by atoms with Gasteiger partial charge in [-0.2, -0.15) is 0 Å². The molecule has 0 amide bonds. The smallest absolute Gasteiger partial charge is 0.250 e. The van der Waals surface area contributed by atoms with Crippen LogP contribution < -0.4 is 4.13 Å². The van der Waals surface area contributed by atoms with Crippen molar-refractivity contribution in [1.82, 2.24) is 4.13 Å². The van der Waals surface area contributed by atoms with Crippen LogP contribution in [0.3, 0.4) is 0 Å². The molecule has 0 saturated carbocycles. The number of hydrogen-bond donors (Lipinski definition) is 1. The van der Waals surface area contributed by atoms with Gasteiger partial charge in [0.2, 0.25) is 0 Å². The van der Waals surface area contributed by atoms with Gasteiger partial charge in [0.25, 0.3) is 10.0 Å². The Balaban J connectivity index is 3.06. The van der Waals surface area contributed by atoms with E-state index >= 15 is 0 Å². The summed E-state index contributed by atoms with van der Waals surface area (Å²) in [5.41, 5.74) is 0.747. The Kier molecular flexibility index (Phi) is 3.75. The minimum absolute atomic E-state index is 0.114. The summed E-state index contributed by atoms with van der Waals surface area (Å²) in [6, 6.07) is 5.64. The van der Waals surface area contributed by atoms with E-state index in [0.29, 0.717) is 0 Å². The Hall–Kier alpha value is -1.02. The molecule has 1 atom stereocenters. The summed E-state index contributed by atoms with van der Waals surface area (Å²) in [6.07, 6.45) is 1.55. The van der Waals surface area contributed by atoms with Crippen LogP contribution in [0.15, 0.2) is 35.7 Å². The number of rotatable bonds is 4. The van der Waals surface area contributed by atoms with Crippen LogP contribution >= 0.6 is 0 Å². The molecule has 0 bridgehead atoms. The van der Waals surface area contributed by atoms with Crippen molar-refractivity contribution in [2.24, 2.45) is 0 Å². The van der Waals surface area contributed by atoms with Crippen LogP contribution in [-0.2, 0) is 21.3 Å². The van der Waals surface area contributed by atoms with Crippen LogP contribution in [0, 0.1) is 0 Å². The summed E-state index contributed by atoms with van der Waals surface area (Å²) in [7, 11) is -3.98. The predicted molar refractivity (Wildman–Crippen MR) is 55.8 cm³/mol. The van der Waals surface area contributed by atoms with Crippen LogP contribution in [0.4, 0.5) is 0 Å². The van der Waals surface area contributed by atoms with E-state index in [2.05, 4.69) is 6.58 Å². The van der Waals surface area contributed by atoms with Gasteiger partial charge in [0, 0.05) is 11.3 Å². The quantitative estimate of drug-likeness (QED) is 0.779.